The van der Waals surface area contributed by atoms with Gasteiger partial charge in [0.2, 0.25) is 5.88 Å². The van der Waals surface area contributed by atoms with Gasteiger partial charge in [0, 0.05) is 13.1 Å². The normalized spacial score (nSPS) is 17.5. The average Bonchev–Trinajstić information content (AvgIpc) is 3.49. The van der Waals surface area contributed by atoms with Crippen LogP contribution in [0.5, 0.6) is 11.5 Å². The number of anilines is 2. The molecule has 0 saturated carbocycles. The van der Waals surface area contributed by atoms with E-state index in [-0.39, 0.29) is 24.3 Å². The van der Waals surface area contributed by atoms with Gasteiger partial charge in [0.15, 0.2) is 12.0 Å². The molecule has 1 unspecified atom stereocenters. The molecule has 234 valence electrons. The highest BCUT2D eigenvalue weighted by Crippen LogP contribution is 2.42. The summed E-state index contributed by atoms with van der Waals surface area (Å²) in [6.45, 7) is 0.675. The molecule has 6 rings (SSSR count). The van der Waals surface area contributed by atoms with E-state index >= 15 is 0 Å². The van der Waals surface area contributed by atoms with Crippen molar-refractivity contribution < 1.29 is 35.4 Å². The third-order valence-electron chi connectivity index (χ3n) is 7.61. The zero-order valence-electron chi connectivity index (χ0n) is 24.2. The summed E-state index contributed by atoms with van der Waals surface area (Å²) in [5, 5.41) is 4.09. The number of fused-ring (bicyclic) bond motifs is 4. The van der Waals surface area contributed by atoms with E-state index in [1.54, 1.807) is 12.2 Å². The standard InChI is InChI=1S/C33H32N2O8S2/c36-44(37,38)18-8-16-34-28-20-24-10-4-6-12-26(24)22-30(28)42-32(34)14-2-1-3-15-33-35(17-9-19-45(39,40)41)29-21-25-11-5-7-13-27(25)23-31(29)43-33/h1-7,10-15,20-23,32H,8-9,16-19H2,(H,36,37,38)(H,39,40,41)/b3-1+,14-2+,33-15+. The Hall–Kier alpha value is -4.36. The van der Waals surface area contributed by atoms with Crippen LogP contribution in [0, 0.1) is 0 Å². The minimum atomic E-state index is -4.10. The van der Waals surface area contributed by atoms with Gasteiger partial charge < -0.3 is 19.3 Å². The van der Waals surface area contributed by atoms with Crippen LogP contribution in [0.3, 0.4) is 0 Å². The van der Waals surface area contributed by atoms with Crippen LogP contribution in [-0.2, 0) is 20.2 Å². The molecule has 0 saturated heterocycles. The van der Waals surface area contributed by atoms with E-state index in [9.17, 15) is 25.9 Å². The number of nitrogens with zero attached hydrogens (tertiary/aromatic N) is 2. The third kappa shape index (κ3) is 7.31. The Morgan fingerprint density at radius 1 is 0.689 bits per heavy atom. The molecule has 10 nitrogen and oxygen atoms in total. The smallest absolute Gasteiger partial charge is 0.264 e. The van der Waals surface area contributed by atoms with Crippen molar-refractivity contribution in [1.82, 2.24) is 0 Å². The molecule has 2 aliphatic rings. The number of hydrogen-bond donors (Lipinski definition) is 2. The van der Waals surface area contributed by atoms with Gasteiger partial charge in [-0.1, -0.05) is 66.8 Å². The summed E-state index contributed by atoms with van der Waals surface area (Å²) in [6.07, 6.45) is 9.00. The van der Waals surface area contributed by atoms with Crippen molar-refractivity contribution in [3.63, 3.8) is 0 Å². The molecule has 4 aromatic carbocycles. The summed E-state index contributed by atoms with van der Waals surface area (Å²) in [5.41, 5.74) is 1.65. The highest BCUT2D eigenvalue weighted by atomic mass is 32.2. The van der Waals surface area contributed by atoms with E-state index < -0.39 is 26.5 Å². The Morgan fingerprint density at radius 2 is 1.24 bits per heavy atom. The molecule has 4 aromatic rings. The van der Waals surface area contributed by atoms with E-state index in [2.05, 4.69) is 0 Å². The molecule has 0 bridgehead atoms. The summed E-state index contributed by atoms with van der Waals surface area (Å²) in [4.78, 5) is 3.85. The quantitative estimate of drug-likeness (QED) is 0.149. The van der Waals surface area contributed by atoms with E-state index in [0.29, 0.717) is 30.5 Å². The van der Waals surface area contributed by atoms with Gasteiger partial charge in [0.05, 0.1) is 22.9 Å². The molecule has 2 N–H and O–H groups in total. The fourth-order valence-electron chi connectivity index (χ4n) is 5.57. The van der Waals surface area contributed by atoms with Crippen LogP contribution in [0.25, 0.3) is 21.5 Å². The van der Waals surface area contributed by atoms with Gasteiger partial charge >= 0.3 is 0 Å². The van der Waals surface area contributed by atoms with Crippen molar-refractivity contribution in [3.8, 4) is 11.5 Å². The van der Waals surface area contributed by atoms with E-state index in [1.165, 1.54) is 0 Å². The van der Waals surface area contributed by atoms with Gasteiger partial charge in [-0.15, -0.1) is 0 Å². The predicted molar refractivity (Wildman–Crippen MR) is 176 cm³/mol. The highest BCUT2D eigenvalue weighted by molar-refractivity contribution is 7.86. The maximum Gasteiger partial charge on any atom is 0.264 e. The molecule has 0 aliphatic carbocycles. The van der Waals surface area contributed by atoms with Gasteiger partial charge in [-0.05, 0) is 70.8 Å². The molecule has 2 aliphatic heterocycles. The highest BCUT2D eigenvalue weighted by Gasteiger charge is 2.30. The summed E-state index contributed by atoms with van der Waals surface area (Å²) in [5.74, 6) is 1.14. The fourth-order valence-corrected chi connectivity index (χ4v) is 6.56. The summed E-state index contributed by atoms with van der Waals surface area (Å²) < 4.78 is 76.2. The number of rotatable bonds is 11. The molecule has 0 spiro atoms. The third-order valence-corrected chi connectivity index (χ3v) is 9.22. The molecule has 0 fully saturated rings. The first kappa shape index (κ1) is 30.7. The lowest BCUT2D eigenvalue weighted by atomic mass is 10.1. The largest absolute Gasteiger partial charge is 0.465 e. The predicted octanol–water partition coefficient (Wildman–Crippen LogP) is 5.93. The van der Waals surface area contributed by atoms with Crippen molar-refractivity contribution in [2.75, 3.05) is 34.4 Å². The molecule has 0 aromatic heterocycles. The van der Waals surface area contributed by atoms with Crippen molar-refractivity contribution in [1.29, 1.82) is 0 Å². The van der Waals surface area contributed by atoms with Crippen LogP contribution in [0.15, 0.2) is 109 Å². The van der Waals surface area contributed by atoms with Gasteiger partial charge in [-0.2, -0.15) is 16.8 Å². The van der Waals surface area contributed by atoms with Crippen molar-refractivity contribution >= 4 is 53.2 Å². The Balaban J connectivity index is 1.21. The second kappa shape index (κ2) is 12.6. The van der Waals surface area contributed by atoms with Crippen LogP contribution in [0.2, 0.25) is 0 Å². The van der Waals surface area contributed by atoms with Gasteiger partial charge in [0.25, 0.3) is 20.2 Å². The van der Waals surface area contributed by atoms with E-state index in [0.717, 1.165) is 32.9 Å². The molecule has 2 heterocycles. The minimum Gasteiger partial charge on any atom is -0.465 e. The van der Waals surface area contributed by atoms with Crippen molar-refractivity contribution in [2.45, 2.75) is 19.1 Å². The van der Waals surface area contributed by atoms with Gasteiger partial charge in [-0.3, -0.25) is 9.11 Å². The molecule has 0 radical (unpaired) electrons. The first-order valence-corrected chi connectivity index (χ1v) is 17.7. The summed E-state index contributed by atoms with van der Waals surface area (Å²) >= 11 is 0. The molecule has 45 heavy (non-hydrogen) atoms. The lowest BCUT2D eigenvalue weighted by Crippen LogP contribution is -2.34. The van der Waals surface area contributed by atoms with Crippen LogP contribution in [-0.4, -0.2) is 56.8 Å². The first-order chi connectivity index (χ1) is 21.5. The Morgan fingerprint density at radius 3 is 1.87 bits per heavy atom. The topological polar surface area (TPSA) is 134 Å². The van der Waals surface area contributed by atoms with Crippen LogP contribution in [0.1, 0.15) is 12.8 Å². The van der Waals surface area contributed by atoms with E-state index in [4.69, 9.17) is 9.47 Å². The second-order valence-electron chi connectivity index (χ2n) is 10.8. The fraction of sp³-hybridized carbons (Fsp3) is 0.212. The van der Waals surface area contributed by atoms with E-state index in [1.807, 2.05) is 101 Å². The lowest BCUT2D eigenvalue weighted by Gasteiger charge is -2.22. The Kier molecular flexibility index (Phi) is 8.56. The summed E-state index contributed by atoms with van der Waals surface area (Å²) in [6, 6.07) is 23.7. The molecule has 0 amide bonds. The maximum atomic E-state index is 11.3. The molecular formula is C33H32N2O8S2. The van der Waals surface area contributed by atoms with Crippen molar-refractivity contribution in [2.24, 2.45) is 0 Å². The number of benzene rings is 4. The van der Waals surface area contributed by atoms with Gasteiger partial charge in [-0.25, -0.2) is 0 Å². The van der Waals surface area contributed by atoms with Crippen LogP contribution in [0.4, 0.5) is 11.4 Å². The van der Waals surface area contributed by atoms with Crippen molar-refractivity contribution in [3.05, 3.63) is 109 Å². The average molecular weight is 649 g/mol. The first-order valence-electron chi connectivity index (χ1n) is 14.4. The summed E-state index contributed by atoms with van der Waals surface area (Å²) in [7, 11) is -8.18. The minimum absolute atomic E-state index is 0.206. The number of allylic oxidation sites excluding steroid dienone is 4. The number of ether oxygens (including phenoxy) is 2. The van der Waals surface area contributed by atoms with Crippen LogP contribution < -0.4 is 19.3 Å². The lowest BCUT2D eigenvalue weighted by molar-refractivity contribution is 0.273. The monoisotopic (exact) mass is 648 g/mol. The Labute approximate surface area is 262 Å². The zero-order chi connectivity index (χ0) is 31.6. The zero-order valence-corrected chi connectivity index (χ0v) is 25.8. The number of hydrogen-bond acceptors (Lipinski definition) is 8. The molecule has 1 atom stereocenters. The van der Waals surface area contributed by atoms with Crippen LogP contribution >= 0.6 is 0 Å². The Bertz CT molecular complexity index is 2060. The maximum absolute atomic E-state index is 11.3. The molecule has 12 heteroatoms. The van der Waals surface area contributed by atoms with Gasteiger partial charge in [0.1, 0.15) is 5.75 Å². The molecular weight excluding hydrogens is 617 g/mol. The SMILES string of the molecule is O=S(=O)(O)CCCN1\C(=C/C=C/C=C/C2Oc3cc4ccccc4cc3N2CCCS(=O)(=O)O)Oc2cc3ccccc3cc21. The second-order valence-corrected chi connectivity index (χ2v) is 14.0.